The van der Waals surface area contributed by atoms with Gasteiger partial charge in [0.2, 0.25) is 0 Å². The average Bonchev–Trinajstić information content (AvgIpc) is 2.95. The predicted octanol–water partition coefficient (Wildman–Crippen LogP) is 10.6. The van der Waals surface area contributed by atoms with Crippen molar-refractivity contribution in [3.05, 3.63) is 59.7 Å². The molecule has 0 aromatic heterocycles. The van der Waals surface area contributed by atoms with Gasteiger partial charge in [0.15, 0.2) is 17.3 Å². The van der Waals surface area contributed by atoms with Gasteiger partial charge in [0.05, 0.1) is 14.2 Å². The minimum atomic E-state index is -0.0196. The lowest BCUT2D eigenvalue weighted by molar-refractivity contribution is 0.104. The minimum Gasteiger partial charge on any atom is -0.493 e. The van der Waals surface area contributed by atoms with Crippen molar-refractivity contribution < 1.29 is 14.3 Å². The van der Waals surface area contributed by atoms with Crippen LogP contribution in [0.15, 0.2) is 53.4 Å². The van der Waals surface area contributed by atoms with Crippen molar-refractivity contribution in [1.29, 1.82) is 0 Å². The van der Waals surface area contributed by atoms with Crippen molar-refractivity contribution in [3.8, 4) is 11.5 Å². The first kappa shape index (κ1) is 32.0. The van der Waals surface area contributed by atoms with Crippen LogP contribution in [0.5, 0.6) is 11.5 Å². The van der Waals surface area contributed by atoms with Gasteiger partial charge < -0.3 is 9.47 Å². The molecule has 4 heteroatoms. The molecule has 0 bridgehead atoms. The molecule has 0 amide bonds. The molecule has 0 N–H and O–H groups in total. The van der Waals surface area contributed by atoms with E-state index in [9.17, 15) is 4.79 Å². The number of hydrogen-bond donors (Lipinski definition) is 0. The minimum absolute atomic E-state index is 0.0196. The molecule has 38 heavy (non-hydrogen) atoms. The van der Waals surface area contributed by atoms with E-state index in [0.717, 1.165) is 11.3 Å². The SMILES string of the molecule is CCCCCCCCCCCCCCCCCSc1ccc(C(=O)C=Cc2cccc(OC)c2OC)cc1. The highest BCUT2D eigenvalue weighted by atomic mass is 32.2. The zero-order chi connectivity index (χ0) is 27.3. The number of para-hydroxylation sites is 1. The number of rotatable bonds is 22. The maximum absolute atomic E-state index is 12.6. The maximum atomic E-state index is 12.6. The van der Waals surface area contributed by atoms with E-state index in [0.29, 0.717) is 17.1 Å². The first-order chi connectivity index (χ1) is 18.7. The maximum Gasteiger partial charge on any atom is 0.185 e. The monoisotopic (exact) mass is 538 g/mol. The van der Waals surface area contributed by atoms with Crippen molar-refractivity contribution in [1.82, 2.24) is 0 Å². The second-order valence-electron chi connectivity index (χ2n) is 10.1. The fraction of sp³-hybridized carbons (Fsp3) is 0.559. The summed E-state index contributed by atoms with van der Waals surface area (Å²) in [5.74, 6) is 2.40. The predicted molar refractivity (Wildman–Crippen MR) is 165 cm³/mol. The number of benzene rings is 2. The van der Waals surface area contributed by atoms with Crippen LogP contribution >= 0.6 is 11.8 Å². The summed E-state index contributed by atoms with van der Waals surface area (Å²) in [6.45, 7) is 2.29. The Morgan fingerprint density at radius 3 is 1.79 bits per heavy atom. The smallest absolute Gasteiger partial charge is 0.185 e. The van der Waals surface area contributed by atoms with Crippen LogP contribution in [0.3, 0.4) is 0 Å². The largest absolute Gasteiger partial charge is 0.493 e. The number of hydrogen-bond acceptors (Lipinski definition) is 4. The van der Waals surface area contributed by atoms with Gasteiger partial charge in [0.1, 0.15) is 0 Å². The zero-order valence-electron chi connectivity index (χ0n) is 24.1. The standard InChI is InChI=1S/C34H50O3S/c1-4-5-6-7-8-9-10-11-12-13-14-15-16-17-18-28-38-31-25-22-29(23-26-31)32(35)27-24-30-20-19-21-33(36-2)34(30)37-3/h19-27H,4-18,28H2,1-3H3. The Morgan fingerprint density at radius 1 is 0.711 bits per heavy atom. The quantitative estimate of drug-likeness (QED) is 0.0646. The topological polar surface area (TPSA) is 35.5 Å². The van der Waals surface area contributed by atoms with Crippen LogP contribution in [0, 0.1) is 0 Å². The number of carbonyl (C=O) groups excluding carboxylic acids is 1. The van der Waals surface area contributed by atoms with Gasteiger partial charge in [-0.3, -0.25) is 4.79 Å². The summed E-state index contributed by atoms with van der Waals surface area (Å²) in [5, 5.41) is 0. The fourth-order valence-electron chi connectivity index (χ4n) is 4.68. The van der Waals surface area contributed by atoms with Crippen molar-refractivity contribution in [2.75, 3.05) is 20.0 Å². The summed E-state index contributed by atoms with van der Waals surface area (Å²) in [7, 11) is 3.21. The molecule has 0 unspecified atom stereocenters. The van der Waals surface area contributed by atoms with E-state index in [1.54, 1.807) is 26.4 Å². The molecule has 0 atom stereocenters. The highest BCUT2D eigenvalue weighted by molar-refractivity contribution is 7.99. The van der Waals surface area contributed by atoms with E-state index >= 15 is 0 Å². The Hall–Kier alpha value is -2.20. The molecular formula is C34H50O3S. The molecular weight excluding hydrogens is 488 g/mol. The van der Waals surface area contributed by atoms with Gasteiger partial charge in [-0.15, -0.1) is 11.8 Å². The van der Waals surface area contributed by atoms with Gasteiger partial charge in [-0.05, 0) is 54.7 Å². The van der Waals surface area contributed by atoms with E-state index in [2.05, 4.69) is 19.1 Å². The second kappa shape index (κ2) is 20.7. The van der Waals surface area contributed by atoms with E-state index in [4.69, 9.17) is 9.47 Å². The third-order valence-corrected chi connectivity index (χ3v) is 8.10. The van der Waals surface area contributed by atoms with E-state index in [-0.39, 0.29) is 5.78 Å². The van der Waals surface area contributed by atoms with Crippen LogP contribution in [0.4, 0.5) is 0 Å². The molecule has 0 heterocycles. The first-order valence-electron chi connectivity index (χ1n) is 14.9. The van der Waals surface area contributed by atoms with Gasteiger partial charge in [-0.25, -0.2) is 0 Å². The van der Waals surface area contributed by atoms with Crippen molar-refractivity contribution >= 4 is 23.6 Å². The number of carbonyl (C=O) groups is 1. The summed E-state index contributed by atoms with van der Waals surface area (Å²) < 4.78 is 10.8. The number of allylic oxidation sites excluding steroid dienone is 1. The van der Waals surface area contributed by atoms with Crippen LogP contribution < -0.4 is 9.47 Å². The van der Waals surface area contributed by atoms with Gasteiger partial charge >= 0.3 is 0 Å². The van der Waals surface area contributed by atoms with Gasteiger partial charge in [0.25, 0.3) is 0 Å². The van der Waals surface area contributed by atoms with Crippen LogP contribution in [0.2, 0.25) is 0 Å². The molecule has 0 aliphatic heterocycles. The summed E-state index contributed by atoms with van der Waals surface area (Å²) in [5.41, 5.74) is 1.51. The highest BCUT2D eigenvalue weighted by Crippen LogP contribution is 2.31. The van der Waals surface area contributed by atoms with Crippen LogP contribution in [0.1, 0.15) is 119 Å². The summed E-state index contributed by atoms with van der Waals surface area (Å²) >= 11 is 1.89. The molecule has 0 spiro atoms. The lowest BCUT2D eigenvalue weighted by Crippen LogP contribution is -1.95. The van der Waals surface area contributed by atoms with Crippen LogP contribution in [-0.4, -0.2) is 25.8 Å². The van der Waals surface area contributed by atoms with Crippen molar-refractivity contribution in [2.24, 2.45) is 0 Å². The van der Waals surface area contributed by atoms with Gasteiger partial charge in [-0.1, -0.05) is 109 Å². The third-order valence-electron chi connectivity index (χ3n) is 7.00. The average molecular weight is 539 g/mol. The van der Waals surface area contributed by atoms with Crippen molar-refractivity contribution in [2.45, 2.75) is 108 Å². The molecule has 2 aromatic rings. The molecule has 2 rings (SSSR count). The highest BCUT2D eigenvalue weighted by Gasteiger charge is 2.08. The summed E-state index contributed by atoms with van der Waals surface area (Å²) in [6.07, 6.45) is 24.3. The molecule has 0 radical (unpaired) electrons. The second-order valence-corrected chi connectivity index (χ2v) is 11.3. The fourth-order valence-corrected chi connectivity index (χ4v) is 5.60. The summed E-state index contributed by atoms with van der Waals surface area (Å²) in [4.78, 5) is 13.9. The van der Waals surface area contributed by atoms with Crippen molar-refractivity contribution in [3.63, 3.8) is 0 Å². The van der Waals surface area contributed by atoms with Gasteiger partial charge in [-0.2, -0.15) is 0 Å². The Morgan fingerprint density at radius 2 is 1.26 bits per heavy atom. The molecule has 0 aliphatic carbocycles. The number of ketones is 1. The van der Waals surface area contributed by atoms with Crippen LogP contribution in [0.25, 0.3) is 6.08 Å². The molecule has 0 saturated heterocycles. The molecule has 0 fully saturated rings. The Labute approximate surface area is 236 Å². The Bertz CT molecular complexity index is 920. The number of thioether (sulfide) groups is 1. The molecule has 0 aliphatic rings. The van der Waals surface area contributed by atoms with E-state index < -0.39 is 0 Å². The third kappa shape index (κ3) is 13.0. The normalized spacial score (nSPS) is 11.2. The Kier molecular flexibility index (Phi) is 17.5. The Balaban J connectivity index is 1.53. The molecule has 2 aromatic carbocycles. The number of unbranched alkanes of at least 4 members (excludes halogenated alkanes) is 14. The number of methoxy groups -OCH3 is 2. The van der Waals surface area contributed by atoms with E-state index in [1.807, 2.05) is 42.1 Å². The van der Waals surface area contributed by atoms with E-state index in [1.165, 1.54) is 101 Å². The molecule has 210 valence electrons. The first-order valence-corrected chi connectivity index (χ1v) is 15.8. The van der Waals surface area contributed by atoms with Gasteiger partial charge in [0, 0.05) is 16.0 Å². The lowest BCUT2D eigenvalue weighted by Gasteiger charge is -2.09. The lowest BCUT2D eigenvalue weighted by atomic mass is 10.0. The summed E-state index contributed by atoms with van der Waals surface area (Å²) in [6, 6.07) is 13.6. The number of ether oxygens (including phenoxy) is 2. The van der Waals surface area contributed by atoms with Crippen LogP contribution in [-0.2, 0) is 0 Å². The zero-order valence-corrected chi connectivity index (χ0v) is 25.0. The molecule has 3 nitrogen and oxygen atoms in total. The molecule has 0 saturated carbocycles.